The summed E-state index contributed by atoms with van der Waals surface area (Å²) in [6, 6.07) is 11.3. The molecule has 0 spiro atoms. The molecule has 0 saturated carbocycles. The second kappa shape index (κ2) is 7.23. The summed E-state index contributed by atoms with van der Waals surface area (Å²) in [5.74, 6) is 0.620. The number of rotatable bonds is 6. The van der Waals surface area contributed by atoms with Gasteiger partial charge in [-0.2, -0.15) is 0 Å². The molecule has 0 aliphatic rings. The molecule has 1 unspecified atom stereocenters. The number of pyridine rings is 1. The molecular formula is C18H20N4O2. The molecule has 0 aliphatic heterocycles. The van der Waals surface area contributed by atoms with E-state index in [0.717, 1.165) is 22.5 Å². The lowest BCUT2D eigenvalue weighted by atomic mass is 10.0. The number of aryl methyl sites for hydroxylation is 2. The van der Waals surface area contributed by atoms with Gasteiger partial charge in [-0.25, -0.2) is 9.97 Å². The summed E-state index contributed by atoms with van der Waals surface area (Å²) in [5.41, 5.74) is 3.36. The zero-order valence-corrected chi connectivity index (χ0v) is 13.5. The number of fused-ring (bicyclic) bond motifs is 1. The van der Waals surface area contributed by atoms with Gasteiger partial charge in [-0.3, -0.25) is 4.79 Å². The Hall–Kier alpha value is -2.73. The van der Waals surface area contributed by atoms with Gasteiger partial charge in [0.05, 0.1) is 11.6 Å². The van der Waals surface area contributed by atoms with Crippen LogP contribution in [0.3, 0.4) is 0 Å². The Bertz CT molecular complexity index is 811. The van der Waals surface area contributed by atoms with Crippen LogP contribution in [0.5, 0.6) is 0 Å². The zero-order chi connectivity index (χ0) is 16.9. The van der Waals surface area contributed by atoms with E-state index in [9.17, 15) is 9.90 Å². The molecule has 0 aliphatic carbocycles. The Kier molecular flexibility index (Phi) is 4.86. The van der Waals surface area contributed by atoms with Crippen LogP contribution in [0.1, 0.15) is 29.5 Å². The Morgan fingerprint density at radius 2 is 2.12 bits per heavy atom. The normalized spacial score (nSPS) is 12.2. The Labute approximate surface area is 140 Å². The van der Waals surface area contributed by atoms with Gasteiger partial charge in [-0.05, 0) is 30.2 Å². The number of carbonyl (C=O) groups is 1. The van der Waals surface area contributed by atoms with Crippen LogP contribution < -0.4 is 5.32 Å². The van der Waals surface area contributed by atoms with E-state index in [2.05, 4.69) is 20.3 Å². The van der Waals surface area contributed by atoms with Crippen LogP contribution in [-0.2, 0) is 11.2 Å². The summed E-state index contributed by atoms with van der Waals surface area (Å²) in [5, 5.41) is 13.0. The molecule has 2 aromatic heterocycles. The fourth-order valence-corrected chi connectivity index (χ4v) is 2.61. The number of benzene rings is 1. The van der Waals surface area contributed by atoms with Crippen LogP contribution in [0, 0.1) is 6.92 Å². The molecule has 3 rings (SSSR count). The Morgan fingerprint density at radius 3 is 2.92 bits per heavy atom. The van der Waals surface area contributed by atoms with Gasteiger partial charge in [0.1, 0.15) is 5.82 Å². The first-order valence-corrected chi connectivity index (χ1v) is 7.93. The summed E-state index contributed by atoms with van der Waals surface area (Å²) in [4.78, 5) is 23.6. The average molecular weight is 324 g/mol. The number of nitrogens with zero attached hydrogens (tertiary/aromatic N) is 2. The van der Waals surface area contributed by atoms with Crippen molar-refractivity contribution in [2.45, 2.75) is 25.9 Å². The first-order chi connectivity index (χ1) is 11.6. The molecule has 1 aromatic carbocycles. The van der Waals surface area contributed by atoms with Crippen LogP contribution >= 0.6 is 0 Å². The zero-order valence-electron chi connectivity index (χ0n) is 13.5. The quantitative estimate of drug-likeness (QED) is 0.647. The van der Waals surface area contributed by atoms with Crippen LogP contribution in [0.15, 0.2) is 42.6 Å². The van der Waals surface area contributed by atoms with Crippen molar-refractivity contribution in [3.63, 3.8) is 0 Å². The number of imidazole rings is 1. The van der Waals surface area contributed by atoms with Crippen LogP contribution in [0.25, 0.3) is 11.2 Å². The molecule has 1 amide bonds. The topological polar surface area (TPSA) is 90.9 Å². The van der Waals surface area contributed by atoms with E-state index in [1.165, 1.54) is 0 Å². The third kappa shape index (κ3) is 3.78. The predicted molar refractivity (Wildman–Crippen MR) is 91.4 cm³/mol. The summed E-state index contributed by atoms with van der Waals surface area (Å²) in [7, 11) is 0. The van der Waals surface area contributed by atoms with Crippen molar-refractivity contribution in [1.29, 1.82) is 0 Å². The van der Waals surface area contributed by atoms with Gasteiger partial charge >= 0.3 is 0 Å². The maximum Gasteiger partial charge on any atom is 0.220 e. The fraction of sp³-hybridized carbons (Fsp3) is 0.278. The number of amides is 1. The predicted octanol–water partition coefficient (Wildman–Crippen LogP) is 2.05. The van der Waals surface area contributed by atoms with Crippen LogP contribution in [0.2, 0.25) is 0 Å². The van der Waals surface area contributed by atoms with Gasteiger partial charge in [0.2, 0.25) is 5.91 Å². The van der Waals surface area contributed by atoms with Gasteiger partial charge in [0, 0.05) is 25.6 Å². The number of carbonyl (C=O) groups excluding carboxylic acids is 1. The van der Waals surface area contributed by atoms with Gasteiger partial charge in [-0.15, -0.1) is 0 Å². The molecule has 0 bridgehead atoms. The third-order valence-corrected chi connectivity index (χ3v) is 3.94. The van der Waals surface area contributed by atoms with E-state index in [1.807, 2.05) is 43.3 Å². The Morgan fingerprint density at radius 1 is 1.29 bits per heavy atom. The molecule has 0 fully saturated rings. The maximum absolute atomic E-state index is 12.0. The lowest BCUT2D eigenvalue weighted by Gasteiger charge is -2.14. The lowest BCUT2D eigenvalue weighted by molar-refractivity contribution is -0.121. The highest BCUT2D eigenvalue weighted by molar-refractivity contribution is 5.76. The van der Waals surface area contributed by atoms with Gasteiger partial charge in [-0.1, -0.05) is 24.3 Å². The van der Waals surface area contributed by atoms with Crippen molar-refractivity contribution in [3.8, 4) is 0 Å². The van der Waals surface area contributed by atoms with Crippen molar-refractivity contribution in [2.24, 2.45) is 0 Å². The van der Waals surface area contributed by atoms with Gasteiger partial charge in [0.15, 0.2) is 5.65 Å². The number of aliphatic hydroxyl groups is 1. The van der Waals surface area contributed by atoms with Crippen molar-refractivity contribution >= 4 is 17.1 Å². The van der Waals surface area contributed by atoms with Crippen molar-refractivity contribution in [2.75, 3.05) is 6.54 Å². The van der Waals surface area contributed by atoms with Crippen LogP contribution in [-0.4, -0.2) is 32.5 Å². The number of nitrogens with one attached hydrogen (secondary N) is 2. The largest absolute Gasteiger partial charge is 0.387 e. The number of aliphatic hydroxyl groups excluding tert-OH is 1. The molecule has 24 heavy (non-hydrogen) atoms. The van der Waals surface area contributed by atoms with E-state index in [4.69, 9.17) is 0 Å². The van der Waals surface area contributed by atoms with E-state index in [1.54, 1.807) is 6.20 Å². The van der Waals surface area contributed by atoms with Crippen molar-refractivity contribution in [3.05, 3.63) is 59.5 Å². The minimum atomic E-state index is -0.703. The minimum Gasteiger partial charge on any atom is -0.387 e. The summed E-state index contributed by atoms with van der Waals surface area (Å²) in [6.45, 7) is 2.14. The summed E-state index contributed by atoms with van der Waals surface area (Å²) in [6.07, 6.45) is 1.79. The molecule has 0 saturated heterocycles. The molecule has 6 heteroatoms. The second-order valence-electron chi connectivity index (χ2n) is 5.73. The van der Waals surface area contributed by atoms with Gasteiger partial charge in [0.25, 0.3) is 0 Å². The van der Waals surface area contributed by atoms with Crippen molar-refractivity contribution in [1.82, 2.24) is 20.3 Å². The molecule has 0 radical (unpaired) electrons. The number of H-pyrrole nitrogens is 1. The highest BCUT2D eigenvalue weighted by Crippen LogP contribution is 2.16. The second-order valence-corrected chi connectivity index (χ2v) is 5.73. The highest BCUT2D eigenvalue weighted by Gasteiger charge is 2.12. The average Bonchev–Trinajstić information content (AvgIpc) is 3.01. The Balaban J connectivity index is 1.50. The maximum atomic E-state index is 12.0. The molecular weight excluding hydrogens is 304 g/mol. The van der Waals surface area contributed by atoms with E-state index < -0.39 is 6.10 Å². The first-order valence-electron chi connectivity index (χ1n) is 7.93. The highest BCUT2D eigenvalue weighted by atomic mass is 16.3. The lowest BCUT2D eigenvalue weighted by Crippen LogP contribution is -2.28. The summed E-state index contributed by atoms with van der Waals surface area (Å²) >= 11 is 0. The number of hydrogen-bond donors (Lipinski definition) is 3. The van der Waals surface area contributed by atoms with E-state index >= 15 is 0 Å². The van der Waals surface area contributed by atoms with E-state index in [0.29, 0.717) is 18.5 Å². The van der Waals surface area contributed by atoms with E-state index in [-0.39, 0.29) is 12.5 Å². The van der Waals surface area contributed by atoms with Gasteiger partial charge < -0.3 is 15.4 Å². The smallest absolute Gasteiger partial charge is 0.220 e. The summed E-state index contributed by atoms with van der Waals surface area (Å²) < 4.78 is 0. The minimum absolute atomic E-state index is 0.115. The molecule has 3 aromatic rings. The molecule has 3 N–H and O–H groups in total. The molecule has 2 heterocycles. The van der Waals surface area contributed by atoms with Crippen LogP contribution in [0.4, 0.5) is 0 Å². The first kappa shape index (κ1) is 16.1. The third-order valence-electron chi connectivity index (χ3n) is 3.94. The molecule has 124 valence electrons. The van der Waals surface area contributed by atoms with Crippen molar-refractivity contribution < 1.29 is 9.90 Å². The monoisotopic (exact) mass is 324 g/mol. The number of hydrogen-bond acceptors (Lipinski definition) is 4. The SMILES string of the molecule is Cc1ccccc1C(O)CNC(=O)CCc1nc2ncccc2[nH]1. The molecule has 1 atom stereocenters. The molecule has 6 nitrogen and oxygen atoms in total. The fourth-order valence-electron chi connectivity index (χ4n) is 2.61. The number of aromatic amines is 1. The number of aromatic nitrogens is 3. The standard InChI is InChI=1S/C18H20N4O2/c1-12-5-2-3-6-13(12)15(23)11-20-17(24)9-8-16-21-14-7-4-10-19-18(14)22-16/h2-7,10,15,23H,8-9,11H2,1H3,(H,20,24)(H,19,21,22).